The monoisotopic (exact) mass is 249 g/mol. The molecule has 0 saturated heterocycles. The van der Waals surface area contributed by atoms with E-state index < -0.39 is 17.8 Å². The maximum absolute atomic E-state index is 13.3. The number of halogens is 1. The van der Waals surface area contributed by atoms with E-state index in [1.807, 2.05) is 0 Å². The highest BCUT2D eigenvalue weighted by Crippen LogP contribution is 2.17. The fourth-order valence-corrected chi connectivity index (χ4v) is 1.87. The van der Waals surface area contributed by atoms with Gasteiger partial charge < -0.3 is 9.30 Å². The number of fused-ring (bicyclic) bond motifs is 1. The van der Waals surface area contributed by atoms with Gasteiger partial charge in [0.15, 0.2) is 5.43 Å². The second-order valence-corrected chi connectivity index (χ2v) is 3.95. The van der Waals surface area contributed by atoms with Gasteiger partial charge in [-0.1, -0.05) is 0 Å². The van der Waals surface area contributed by atoms with E-state index >= 15 is 0 Å². The smallest absolute Gasteiger partial charge is 0.328 e. The van der Waals surface area contributed by atoms with Crippen molar-refractivity contribution in [3.63, 3.8) is 0 Å². The predicted octanol–water partition coefficient (Wildman–Crippen LogP) is 1.87. The van der Waals surface area contributed by atoms with Crippen molar-refractivity contribution in [2.75, 3.05) is 7.11 Å². The van der Waals surface area contributed by atoms with E-state index in [4.69, 9.17) is 0 Å². The van der Waals surface area contributed by atoms with Crippen molar-refractivity contribution in [3.05, 3.63) is 46.5 Å². The largest absolute Gasteiger partial charge is 0.467 e. The standard InChI is InChI=1S/C13H12FNO3/c1-8(13(17)18-2)15-6-5-12(16)10-4-3-9(14)7-11(10)15/h3-8H,1-2H3/t8-/m1/s1. The Morgan fingerprint density at radius 1 is 1.39 bits per heavy atom. The van der Waals surface area contributed by atoms with Crippen LogP contribution in [0.5, 0.6) is 0 Å². The SMILES string of the molecule is COC(=O)[C@@H](C)n1ccc(=O)c2ccc(F)cc21. The molecule has 18 heavy (non-hydrogen) atoms. The molecular weight excluding hydrogens is 237 g/mol. The third kappa shape index (κ3) is 1.99. The summed E-state index contributed by atoms with van der Waals surface area (Å²) in [7, 11) is 1.28. The Morgan fingerprint density at radius 2 is 2.11 bits per heavy atom. The lowest BCUT2D eigenvalue weighted by atomic mass is 10.2. The maximum atomic E-state index is 13.3. The van der Waals surface area contributed by atoms with Crippen molar-refractivity contribution in [3.8, 4) is 0 Å². The van der Waals surface area contributed by atoms with Crippen LogP contribution in [0.15, 0.2) is 35.3 Å². The Hall–Kier alpha value is -2.17. The van der Waals surface area contributed by atoms with Crippen LogP contribution in [0.25, 0.3) is 10.9 Å². The van der Waals surface area contributed by atoms with Gasteiger partial charge in [-0.3, -0.25) is 4.79 Å². The van der Waals surface area contributed by atoms with Gasteiger partial charge in [-0.25, -0.2) is 9.18 Å². The first-order chi connectivity index (χ1) is 8.54. The molecule has 0 aliphatic heterocycles. The lowest BCUT2D eigenvalue weighted by Gasteiger charge is -2.16. The van der Waals surface area contributed by atoms with Gasteiger partial charge in [0.25, 0.3) is 0 Å². The van der Waals surface area contributed by atoms with E-state index in [-0.39, 0.29) is 5.43 Å². The van der Waals surface area contributed by atoms with Crippen molar-refractivity contribution in [1.82, 2.24) is 4.57 Å². The average molecular weight is 249 g/mol. The molecule has 1 atom stereocenters. The van der Waals surface area contributed by atoms with E-state index in [1.165, 1.54) is 42.1 Å². The molecule has 1 aromatic carbocycles. The van der Waals surface area contributed by atoms with Crippen LogP contribution in [-0.2, 0) is 9.53 Å². The van der Waals surface area contributed by atoms with Gasteiger partial charge in [-0.05, 0) is 25.1 Å². The van der Waals surface area contributed by atoms with E-state index in [2.05, 4.69) is 4.74 Å². The van der Waals surface area contributed by atoms with Crippen LogP contribution >= 0.6 is 0 Å². The first-order valence-corrected chi connectivity index (χ1v) is 5.43. The molecule has 1 heterocycles. The van der Waals surface area contributed by atoms with Gasteiger partial charge in [0.2, 0.25) is 0 Å². The maximum Gasteiger partial charge on any atom is 0.328 e. The summed E-state index contributed by atoms with van der Waals surface area (Å²) in [5.41, 5.74) is 0.165. The molecule has 0 amide bonds. The molecule has 0 N–H and O–H groups in total. The zero-order valence-electron chi connectivity index (χ0n) is 10.0. The minimum absolute atomic E-state index is 0.210. The Morgan fingerprint density at radius 3 is 2.78 bits per heavy atom. The number of pyridine rings is 1. The molecule has 0 aliphatic carbocycles. The number of ether oxygens (including phenoxy) is 1. The predicted molar refractivity (Wildman–Crippen MR) is 64.9 cm³/mol. The number of nitrogens with zero attached hydrogens (tertiary/aromatic N) is 1. The second kappa shape index (κ2) is 4.60. The van der Waals surface area contributed by atoms with E-state index in [1.54, 1.807) is 6.92 Å². The van der Waals surface area contributed by atoms with Crippen molar-refractivity contribution in [2.45, 2.75) is 13.0 Å². The van der Waals surface area contributed by atoms with E-state index in [0.717, 1.165) is 0 Å². The molecule has 0 saturated carbocycles. The summed E-state index contributed by atoms with van der Waals surface area (Å²) in [6.07, 6.45) is 1.46. The number of hydrogen-bond donors (Lipinski definition) is 0. The lowest BCUT2D eigenvalue weighted by Crippen LogP contribution is -2.20. The van der Waals surface area contributed by atoms with Crippen LogP contribution in [-0.4, -0.2) is 17.6 Å². The molecule has 1 aromatic heterocycles. The summed E-state index contributed by atoms with van der Waals surface area (Å²) >= 11 is 0. The van der Waals surface area contributed by atoms with Crippen LogP contribution in [0.4, 0.5) is 4.39 Å². The highest BCUT2D eigenvalue weighted by molar-refractivity contribution is 5.82. The van der Waals surface area contributed by atoms with Crippen LogP contribution in [0.1, 0.15) is 13.0 Å². The first kappa shape index (κ1) is 12.3. The molecule has 2 rings (SSSR count). The van der Waals surface area contributed by atoms with Crippen LogP contribution < -0.4 is 5.43 Å². The molecular formula is C13H12FNO3. The molecule has 2 aromatic rings. The summed E-state index contributed by atoms with van der Waals surface area (Å²) in [5.74, 6) is -0.914. The van der Waals surface area contributed by atoms with Crippen LogP contribution in [0.3, 0.4) is 0 Å². The molecule has 0 spiro atoms. The average Bonchev–Trinajstić information content (AvgIpc) is 2.37. The topological polar surface area (TPSA) is 48.3 Å². The molecule has 0 aliphatic rings. The third-order valence-corrected chi connectivity index (χ3v) is 2.85. The summed E-state index contributed by atoms with van der Waals surface area (Å²) < 4.78 is 19.4. The molecule has 0 radical (unpaired) electrons. The lowest BCUT2D eigenvalue weighted by molar-refractivity contribution is -0.143. The van der Waals surface area contributed by atoms with Gasteiger partial charge in [-0.15, -0.1) is 0 Å². The molecule has 4 nitrogen and oxygen atoms in total. The first-order valence-electron chi connectivity index (χ1n) is 5.43. The van der Waals surface area contributed by atoms with Crippen molar-refractivity contribution < 1.29 is 13.9 Å². The number of hydrogen-bond acceptors (Lipinski definition) is 3. The fraction of sp³-hybridized carbons (Fsp3) is 0.231. The van der Waals surface area contributed by atoms with Gasteiger partial charge in [-0.2, -0.15) is 0 Å². The highest BCUT2D eigenvalue weighted by atomic mass is 19.1. The second-order valence-electron chi connectivity index (χ2n) is 3.95. The summed E-state index contributed by atoms with van der Waals surface area (Å²) in [4.78, 5) is 23.2. The number of rotatable bonds is 2. The fourth-order valence-electron chi connectivity index (χ4n) is 1.87. The van der Waals surface area contributed by atoms with E-state index in [0.29, 0.717) is 10.9 Å². The molecule has 5 heteroatoms. The van der Waals surface area contributed by atoms with Crippen LogP contribution in [0.2, 0.25) is 0 Å². The van der Waals surface area contributed by atoms with Crippen LogP contribution in [0, 0.1) is 5.82 Å². The minimum Gasteiger partial charge on any atom is -0.467 e. The summed E-state index contributed by atoms with van der Waals surface area (Å²) in [5, 5.41) is 0.370. The number of esters is 1. The van der Waals surface area contributed by atoms with Gasteiger partial charge in [0.05, 0.1) is 12.6 Å². The Balaban J connectivity index is 2.72. The normalized spacial score (nSPS) is 12.4. The molecule has 0 unspecified atom stereocenters. The van der Waals surface area contributed by atoms with Crippen molar-refractivity contribution in [1.29, 1.82) is 0 Å². The zero-order valence-corrected chi connectivity index (χ0v) is 10.0. The van der Waals surface area contributed by atoms with Gasteiger partial charge in [0, 0.05) is 17.6 Å². The Labute approximate surface area is 103 Å². The number of carbonyl (C=O) groups is 1. The third-order valence-electron chi connectivity index (χ3n) is 2.85. The number of benzene rings is 1. The molecule has 94 valence electrons. The zero-order chi connectivity index (χ0) is 13.3. The number of aromatic nitrogens is 1. The number of methoxy groups -OCH3 is 1. The quantitative estimate of drug-likeness (QED) is 0.763. The van der Waals surface area contributed by atoms with Crippen molar-refractivity contribution >= 4 is 16.9 Å². The van der Waals surface area contributed by atoms with Crippen molar-refractivity contribution in [2.24, 2.45) is 0 Å². The summed E-state index contributed by atoms with van der Waals surface area (Å²) in [6, 6.07) is 4.58. The number of carbonyl (C=O) groups excluding carboxylic acids is 1. The minimum atomic E-state index is -0.625. The van der Waals surface area contributed by atoms with Gasteiger partial charge >= 0.3 is 5.97 Å². The highest BCUT2D eigenvalue weighted by Gasteiger charge is 2.17. The molecule has 0 fully saturated rings. The Bertz CT molecular complexity index is 663. The summed E-state index contributed by atoms with van der Waals surface area (Å²) in [6.45, 7) is 1.63. The Kier molecular flexibility index (Phi) is 3.14. The molecule has 0 bridgehead atoms. The van der Waals surface area contributed by atoms with Gasteiger partial charge in [0.1, 0.15) is 11.9 Å². The van der Waals surface area contributed by atoms with E-state index in [9.17, 15) is 14.0 Å².